The molecule has 2 N–H and O–H groups in total. The summed E-state index contributed by atoms with van der Waals surface area (Å²) in [4.78, 5) is 0. The van der Waals surface area contributed by atoms with Crippen LogP contribution >= 0.6 is 0 Å². The summed E-state index contributed by atoms with van der Waals surface area (Å²) < 4.78 is 0. The van der Waals surface area contributed by atoms with Gasteiger partial charge in [-0.05, 0) is 36.2 Å². The Balaban J connectivity index is 2.33. The first-order valence-corrected chi connectivity index (χ1v) is 5.01. The average molecular weight is 202 g/mol. The zero-order chi connectivity index (χ0) is 10.8. The van der Waals surface area contributed by atoms with Crippen LogP contribution in [-0.2, 0) is 0 Å². The second-order valence-electron chi connectivity index (χ2n) is 3.91. The van der Waals surface area contributed by atoms with Gasteiger partial charge in [-0.3, -0.25) is 5.10 Å². The normalized spacial score (nSPS) is 10.9. The highest BCUT2D eigenvalue weighted by Crippen LogP contribution is 2.22. The van der Waals surface area contributed by atoms with Gasteiger partial charge in [0.05, 0.1) is 5.69 Å². The first kappa shape index (κ1) is 9.77. The van der Waals surface area contributed by atoms with E-state index in [1.54, 1.807) is 12.1 Å². The highest BCUT2D eigenvalue weighted by atomic mass is 16.3. The highest BCUT2D eigenvalue weighted by Gasteiger charge is 2.06. The number of aromatic nitrogens is 2. The predicted molar refractivity (Wildman–Crippen MR) is 59.8 cm³/mol. The van der Waals surface area contributed by atoms with Crippen molar-refractivity contribution in [2.75, 3.05) is 0 Å². The Morgan fingerprint density at radius 2 is 1.87 bits per heavy atom. The molecule has 0 spiro atoms. The van der Waals surface area contributed by atoms with Crippen LogP contribution in [-0.4, -0.2) is 15.3 Å². The molecular weight excluding hydrogens is 188 g/mol. The molecule has 2 rings (SSSR count). The van der Waals surface area contributed by atoms with E-state index in [-0.39, 0.29) is 5.75 Å². The van der Waals surface area contributed by atoms with Gasteiger partial charge in [0.15, 0.2) is 0 Å². The Morgan fingerprint density at radius 3 is 2.40 bits per heavy atom. The lowest BCUT2D eigenvalue weighted by Crippen LogP contribution is -1.85. The predicted octanol–water partition coefficient (Wildman–Crippen LogP) is 2.91. The van der Waals surface area contributed by atoms with Gasteiger partial charge in [0.2, 0.25) is 0 Å². The van der Waals surface area contributed by atoms with Crippen LogP contribution < -0.4 is 0 Å². The minimum Gasteiger partial charge on any atom is -0.508 e. The molecule has 2 aromatic rings. The summed E-state index contributed by atoms with van der Waals surface area (Å²) in [6.45, 7) is 4.24. The first-order chi connectivity index (χ1) is 7.16. The number of hydrogen-bond donors (Lipinski definition) is 2. The van der Waals surface area contributed by atoms with Crippen LogP contribution in [0.4, 0.5) is 0 Å². The van der Waals surface area contributed by atoms with Crippen molar-refractivity contribution in [3.63, 3.8) is 0 Å². The monoisotopic (exact) mass is 202 g/mol. The van der Waals surface area contributed by atoms with Crippen molar-refractivity contribution in [2.24, 2.45) is 0 Å². The number of nitrogens with zero attached hydrogens (tertiary/aromatic N) is 1. The quantitative estimate of drug-likeness (QED) is 0.786. The lowest BCUT2D eigenvalue weighted by Gasteiger charge is -1.97. The van der Waals surface area contributed by atoms with E-state index in [4.69, 9.17) is 5.11 Å². The van der Waals surface area contributed by atoms with Gasteiger partial charge in [-0.2, -0.15) is 5.10 Å². The van der Waals surface area contributed by atoms with Crippen LogP contribution in [0.3, 0.4) is 0 Å². The molecule has 0 aliphatic heterocycles. The molecule has 0 atom stereocenters. The summed E-state index contributed by atoms with van der Waals surface area (Å²) in [5.41, 5.74) is 3.05. The standard InChI is InChI=1S/C12H14N2O/c1-8(2)11-7-12(14-13-11)9-3-5-10(15)6-4-9/h3-8,15H,1-2H3,(H,13,14). The van der Waals surface area contributed by atoms with E-state index in [0.717, 1.165) is 17.0 Å². The van der Waals surface area contributed by atoms with E-state index in [1.165, 1.54) is 0 Å². The molecule has 0 aliphatic rings. The second-order valence-corrected chi connectivity index (χ2v) is 3.91. The molecule has 3 nitrogen and oxygen atoms in total. The molecule has 0 amide bonds. The van der Waals surface area contributed by atoms with Gasteiger partial charge in [0.25, 0.3) is 0 Å². The van der Waals surface area contributed by atoms with E-state index in [9.17, 15) is 0 Å². The van der Waals surface area contributed by atoms with E-state index < -0.39 is 0 Å². The zero-order valence-corrected chi connectivity index (χ0v) is 8.86. The van der Waals surface area contributed by atoms with E-state index in [0.29, 0.717) is 5.92 Å². The summed E-state index contributed by atoms with van der Waals surface area (Å²) >= 11 is 0. The van der Waals surface area contributed by atoms with Crippen LogP contribution in [0, 0.1) is 0 Å². The molecule has 1 aromatic heterocycles. The van der Waals surface area contributed by atoms with Gasteiger partial charge in [0, 0.05) is 11.3 Å². The molecule has 0 bridgehead atoms. The van der Waals surface area contributed by atoms with Gasteiger partial charge in [0.1, 0.15) is 5.75 Å². The summed E-state index contributed by atoms with van der Waals surface area (Å²) in [6, 6.07) is 9.08. The fraction of sp³-hybridized carbons (Fsp3) is 0.250. The van der Waals surface area contributed by atoms with Crippen molar-refractivity contribution in [3.05, 3.63) is 36.0 Å². The van der Waals surface area contributed by atoms with Gasteiger partial charge < -0.3 is 5.11 Å². The summed E-state index contributed by atoms with van der Waals surface area (Å²) in [5.74, 6) is 0.724. The first-order valence-electron chi connectivity index (χ1n) is 5.01. The van der Waals surface area contributed by atoms with Gasteiger partial charge in [-0.25, -0.2) is 0 Å². The number of benzene rings is 1. The molecule has 1 heterocycles. The number of H-pyrrole nitrogens is 1. The number of phenols is 1. The minimum absolute atomic E-state index is 0.276. The topological polar surface area (TPSA) is 48.9 Å². The smallest absolute Gasteiger partial charge is 0.115 e. The molecule has 1 aromatic carbocycles. The summed E-state index contributed by atoms with van der Waals surface area (Å²) in [6.07, 6.45) is 0. The molecule has 15 heavy (non-hydrogen) atoms. The van der Waals surface area contributed by atoms with Gasteiger partial charge in [-0.1, -0.05) is 13.8 Å². The van der Waals surface area contributed by atoms with Crippen molar-refractivity contribution in [3.8, 4) is 17.0 Å². The van der Waals surface area contributed by atoms with Gasteiger partial charge >= 0.3 is 0 Å². The maximum Gasteiger partial charge on any atom is 0.115 e. The molecular formula is C12H14N2O. The average Bonchev–Trinajstić information content (AvgIpc) is 2.68. The van der Waals surface area contributed by atoms with E-state index in [1.807, 2.05) is 18.2 Å². The number of aromatic amines is 1. The fourth-order valence-electron chi connectivity index (χ4n) is 1.41. The maximum atomic E-state index is 9.17. The molecule has 0 saturated carbocycles. The molecule has 78 valence electrons. The summed E-state index contributed by atoms with van der Waals surface area (Å²) in [7, 11) is 0. The summed E-state index contributed by atoms with van der Waals surface area (Å²) in [5, 5.41) is 16.4. The van der Waals surface area contributed by atoms with Crippen molar-refractivity contribution in [1.29, 1.82) is 0 Å². The molecule has 0 fully saturated rings. The van der Waals surface area contributed by atoms with E-state index in [2.05, 4.69) is 24.0 Å². The number of hydrogen-bond acceptors (Lipinski definition) is 2. The lowest BCUT2D eigenvalue weighted by atomic mass is 10.1. The van der Waals surface area contributed by atoms with Crippen LogP contribution in [0.15, 0.2) is 30.3 Å². The highest BCUT2D eigenvalue weighted by molar-refractivity contribution is 5.60. The number of nitrogens with one attached hydrogen (secondary N) is 1. The Morgan fingerprint density at radius 1 is 1.20 bits per heavy atom. The Kier molecular flexibility index (Phi) is 2.46. The van der Waals surface area contributed by atoms with Crippen molar-refractivity contribution < 1.29 is 5.11 Å². The van der Waals surface area contributed by atoms with Gasteiger partial charge in [-0.15, -0.1) is 0 Å². The van der Waals surface area contributed by atoms with Crippen LogP contribution in [0.5, 0.6) is 5.75 Å². The number of rotatable bonds is 2. The second kappa shape index (κ2) is 3.77. The third-order valence-corrected chi connectivity index (χ3v) is 2.38. The van der Waals surface area contributed by atoms with Crippen molar-refractivity contribution in [2.45, 2.75) is 19.8 Å². The molecule has 3 heteroatoms. The Bertz CT molecular complexity index is 443. The van der Waals surface area contributed by atoms with Crippen molar-refractivity contribution in [1.82, 2.24) is 10.2 Å². The maximum absolute atomic E-state index is 9.17. The van der Waals surface area contributed by atoms with Crippen LogP contribution in [0.25, 0.3) is 11.3 Å². The van der Waals surface area contributed by atoms with Crippen molar-refractivity contribution >= 4 is 0 Å². The van der Waals surface area contributed by atoms with Crippen LogP contribution in [0.2, 0.25) is 0 Å². The molecule has 0 saturated heterocycles. The lowest BCUT2D eigenvalue weighted by molar-refractivity contribution is 0.475. The largest absolute Gasteiger partial charge is 0.508 e. The number of aromatic hydroxyl groups is 1. The number of phenolic OH excluding ortho intramolecular Hbond substituents is 1. The zero-order valence-electron chi connectivity index (χ0n) is 8.86. The third kappa shape index (κ3) is 2.01. The van der Waals surface area contributed by atoms with Crippen LogP contribution in [0.1, 0.15) is 25.5 Å². The Labute approximate surface area is 88.8 Å². The third-order valence-electron chi connectivity index (χ3n) is 2.38. The SMILES string of the molecule is CC(C)c1cc(-c2ccc(O)cc2)n[nH]1. The minimum atomic E-state index is 0.276. The molecule has 0 radical (unpaired) electrons. The van der Waals surface area contributed by atoms with E-state index >= 15 is 0 Å². The fourth-order valence-corrected chi connectivity index (χ4v) is 1.41. The molecule has 0 aliphatic carbocycles. The Hall–Kier alpha value is -1.77. The molecule has 0 unspecified atom stereocenters.